The van der Waals surface area contributed by atoms with Gasteiger partial charge in [0.1, 0.15) is 11.6 Å². The van der Waals surface area contributed by atoms with Crippen molar-refractivity contribution in [2.24, 2.45) is 0 Å². The average molecular weight is 346 g/mol. The van der Waals surface area contributed by atoms with Crippen molar-refractivity contribution in [3.05, 3.63) is 35.4 Å². The minimum atomic E-state index is -0.889. The number of nitriles is 1. The van der Waals surface area contributed by atoms with Crippen molar-refractivity contribution in [1.82, 2.24) is 4.90 Å². The maximum absolute atomic E-state index is 12.5. The highest BCUT2D eigenvalue weighted by Crippen LogP contribution is 2.32. The lowest BCUT2D eigenvalue weighted by Gasteiger charge is -2.39. The molecule has 0 aliphatic heterocycles. The quantitative estimate of drug-likeness (QED) is 0.782. The normalized spacial score (nSPS) is 12.7. The molecule has 25 heavy (non-hydrogen) atoms. The zero-order valence-electron chi connectivity index (χ0n) is 15.9. The van der Waals surface area contributed by atoms with Crippen LogP contribution in [0.15, 0.2) is 24.3 Å². The summed E-state index contributed by atoms with van der Waals surface area (Å²) in [5.41, 5.74) is -0.107. The molecule has 0 aromatic heterocycles. The molecule has 136 valence electrons. The number of nitrogens with zero attached hydrogens (tertiary/aromatic N) is 2. The van der Waals surface area contributed by atoms with E-state index in [0.717, 1.165) is 5.56 Å². The van der Waals surface area contributed by atoms with Crippen molar-refractivity contribution >= 4 is 12.1 Å². The molecular weight excluding hydrogens is 320 g/mol. The fraction of sp³-hybridized carbons (Fsp3) is 0.526. The molecular formula is C19H26N2O4. The number of hydrogen-bond donors (Lipinski definition) is 0. The van der Waals surface area contributed by atoms with Crippen molar-refractivity contribution < 1.29 is 19.1 Å². The van der Waals surface area contributed by atoms with Crippen LogP contribution in [0.25, 0.3) is 0 Å². The molecule has 0 radical (unpaired) electrons. The largest absolute Gasteiger partial charge is 0.467 e. The van der Waals surface area contributed by atoms with E-state index >= 15 is 0 Å². The number of hydrogen-bond acceptors (Lipinski definition) is 5. The SMILES string of the molecule is COC(=O)[C@@H](N(C)C(=O)OC(C)(C)C)C(C)(C)c1ccc(C#N)cc1. The first-order valence-electron chi connectivity index (χ1n) is 7.98. The molecule has 6 nitrogen and oxygen atoms in total. The zero-order chi connectivity index (χ0) is 19.4. The van der Waals surface area contributed by atoms with Gasteiger partial charge >= 0.3 is 12.1 Å². The third-order valence-electron chi connectivity index (χ3n) is 3.93. The molecule has 0 heterocycles. The number of methoxy groups -OCH3 is 1. The van der Waals surface area contributed by atoms with E-state index in [0.29, 0.717) is 5.56 Å². The third-order valence-corrected chi connectivity index (χ3v) is 3.93. The molecule has 1 aromatic rings. The third kappa shape index (κ3) is 4.96. The summed E-state index contributed by atoms with van der Waals surface area (Å²) in [7, 11) is 2.80. The molecule has 6 heteroatoms. The lowest BCUT2D eigenvalue weighted by Crippen LogP contribution is -2.54. The van der Waals surface area contributed by atoms with Crippen LogP contribution in [0.4, 0.5) is 4.79 Å². The molecule has 1 atom stereocenters. The van der Waals surface area contributed by atoms with Crippen LogP contribution < -0.4 is 0 Å². The van der Waals surface area contributed by atoms with Crippen molar-refractivity contribution in [3.63, 3.8) is 0 Å². The van der Waals surface area contributed by atoms with Crippen LogP contribution in [0.1, 0.15) is 45.7 Å². The highest BCUT2D eigenvalue weighted by atomic mass is 16.6. The Labute approximate surface area is 149 Å². The molecule has 0 bridgehead atoms. The minimum Gasteiger partial charge on any atom is -0.467 e. The molecule has 0 saturated carbocycles. The molecule has 0 aliphatic carbocycles. The summed E-state index contributed by atoms with van der Waals surface area (Å²) in [5, 5.41) is 8.94. The molecule has 0 spiro atoms. The Kier molecular flexibility index (Phi) is 6.20. The average Bonchev–Trinajstić information content (AvgIpc) is 2.52. The number of benzene rings is 1. The Morgan fingerprint density at radius 3 is 2.04 bits per heavy atom. The van der Waals surface area contributed by atoms with Crippen LogP contribution >= 0.6 is 0 Å². The van der Waals surface area contributed by atoms with Crippen LogP contribution in [0, 0.1) is 11.3 Å². The van der Waals surface area contributed by atoms with Gasteiger partial charge in [-0.1, -0.05) is 26.0 Å². The summed E-state index contributed by atoms with van der Waals surface area (Å²) in [4.78, 5) is 26.2. The molecule has 0 fully saturated rings. The highest BCUT2D eigenvalue weighted by molar-refractivity contribution is 5.83. The van der Waals surface area contributed by atoms with E-state index in [1.165, 1.54) is 19.1 Å². The number of rotatable bonds is 4. The van der Waals surface area contributed by atoms with Gasteiger partial charge in [-0.25, -0.2) is 9.59 Å². The van der Waals surface area contributed by atoms with E-state index in [1.54, 1.807) is 45.0 Å². The Morgan fingerprint density at radius 2 is 1.64 bits per heavy atom. The number of ether oxygens (including phenoxy) is 2. The van der Waals surface area contributed by atoms with E-state index in [4.69, 9.17) is 14.7 Å². The Bertz CT molecular complexity index is 666. The van der Waals surface area contributed by atoms with Crippen LogP contribution in [-0.2, 0) is 19.7 Å². The maximum Gasteiger partial charge on any atom is 0.410 e. The number of carbonyl (C=O) groups excluding carboxylic acids is 2. The molecule has 0 aliphatic rings. The minimum absolute atomic E-state index is 0.523. The van der Waals surface area contributed by atoms with Gasteiger partial charge in [0.05, 0.1) is 18.7 Å². The van der Waals surface area contributed by atoms with Crippen LogP contribution in [0.3, 0.4) is 0 Å². The van der Waals surface area contributed by atoms with E-state index in [9.17, 15) is 9.59 Å². The molecule has 0 N–H and O–H groups in total. The first kappa shape index (κ1) is 20.5. The fourth-order valence-corrected chi connectivity index (χ4v) is 2.62. The number of carbonyl (C=O) groups is 2. The summed E-state index contributed by atoms with van der Waals surface area (Å²) in [6.45, 7) is 8.97. The predicted molar refractivity (Wildman–Crippen MR) is 94.0 cm³/mol. The molecule has 1 amide bonds. The van der Waals surface area contributed by atoms with Gasteiger partial charge in [-0.15, -0.1) is 0 Å². The van der Waals surface area contributed by atoms with Gasteiger partial charge in [0.15, 0.2) is 0 Å². The van der Waals surface area contributed by atoms with E-state index in [1.807, 2.05) is 13.8 Å². The zero-order valence-corrected chi connectivity index (χ0v) is 15.9. The lowest BCUT2D eigenvalue weighted by atomic mass is 9.77. The molecule has 0 unspecified atom stereocenters. The molecule has 0 saturated heterocycles. The van der Waals surface area contributed by atoms with Gasteiger partial charge in [0, 0.05) is 12.5 Å². The summed E-state index contributed by atoms with van der Waals surface area (Å²) in [6, 6.07) is 8.08. The topological polar surface area (TPSA) is 79.6 Å². The Balaban J connectivity index is 3.25. The van der Waals surface area contributed by atoms with E-state index in [2.05, 4.69) is 6.07 Å². The van der Waals surface area contributed by atoms with Crippen molar-refractivity contribution in [3.8, 4) is 6.07 Å². The standard InChI is InChI=1S/C19H26N2O4/c1-18(2,3)25-17(23)21(6)15(16(22)24-7)19(4,5)14-10-8-13(12-20)9-11-14/h8-11,15H,1-7H3/t15-/m1/s1. The van der Waals surface area contributed by atoms with Crippen LogP contribution in [0.2, 0.25) is 0 Å². The Morgan fingerprint density at radius 1 is 1.12 bits per heavy atom. The van der Waals surface area contributed by atoms with Gasteiger partial charge in [-0.2, -0.15) is 5.26 Å². The highest BCUT2D eigenvalue weighted by Gasteiger charge is 2.43. The maximum atomic E-state index is 12.5. The van der Waals surface area contributed by atoms with Gasteiger partial charge in [-0.3, -0.25) is 4.90 Å². The van der Waals surface area contributed by atoms with E-state index in [-0.39, 0.29) is 0 Å². The molecule has 1 aromatic carbocycles. The van der Waals surface area contributed by atoms with Crippen molar-refractivity contribution in [2.75, 3.05) is 14.2 Å². The van der Waals surface area contributed by atoms with Gasteiger partial charge in [-0.05, 0) is 38.5 Å². The number of amides is 1. The summed E-state index contributed by atoms with van der Waals surface area (Å²) >= 11 is 0. The fourth-order valence-electron chi connectivity index (χ4n) is 2.62. The van der Waals surface area contributed by atoms with Gasteiger partial charge in [0.2, 0.25) is 0 Å². The summed E-state index contributed by atoms with van der Waals surface area (Å²) < 4.78 is 10.3. The second-order valence-electron chi connectivity index (χ2n) is 7.43. The second-order valence-corrected chi connectivity index (χ2v) is 7.43. The van der Waals surface area contributed by atoms with E-state index < -0.39 is 29.1 Å². The van der Waals surface area contributed by atoms with Crippen LogP contribution in [0.5, 0.6) is 0 Å². The molecule has 1 rings (SSSR count). The lowest BCUT2D eigenvalue weighted by molar-refractivity contribution is -0.148. The second kappa shape index (κ2) is 7.56. The van der Waals surface area contributed by atoms with Crippen molar-refractivity contribution in [1.29, 1.82) is 5.26 Å². The van der Waals surface area contributed by atoms with Crippen molar-refractivity contribution in [2.45, 2.75) is 51.7 Å². The number of likely N-dealkylation sites (N-methyl/N-ethyl adjacent to an activating group) is 1. The summed E-state index contributed by atoms with van der Waals surface area (Å²) in [6.07, 6.45) is -0.607. The van der Waals surface area contributed by atoms with Gasteiger partial charge < -0.3 is 9.47 Å². The Hall–Kier alpha value is -2.55. The first-order chi connectivity index (χ1) is 11.4. The summed E-state index contributed by atoms with van der Waals surface area (Å²) in [5.74, 6) is -0.539. The van der Waals surface area contributed by atoms with Gasteiger partial charge in [0.25, 0.3) is 0 Å². The predicted octanol–water partition coefficient (Wildman–Crippen LogP) is 3.24. The smallest absolute Gasteiger partial charge is 0.410 e. The monoisotopic (exact) mass is 346 g/mol. The first-order valence-corrected chi connectivity index (χ1v) is 7.98. The number of esters is 1. The van der Waals surface area contributed by atoms with Crippen LogP contribution in [-0.4, -0.2) is 42.8 Å².